The number of hydrogen-bond donors (Lipinski definition) is 2. The number of halogens is 1. The molecule has 1 fully saturated rings. The minimum Gasteiger partial charge on any atom is -0.392 e. The van der Waals surface area contributed by atoms with Crippen molar-refractivity contribution in [2.24, 2.45) is 11.1 Å². The van der Waals surface area contributed by atoms with E-state index < -0.39 is 6.10 Å². The predicted octanol–water partition coefficient (Wildman–Crippen LogP) is 1.86. The van der Waals surface area contributed by atoms with Crippen LogP contribution in [-0.4, -0.2) is 17.8 Å². The third kappa shape index (κ3) is 1.97. The Morgan fingerprint density at radius 2 is 2.19 bits per heavy atom. The van der Waals surface area contributed by atoms with E-state index in [9.17, 15) is 9.50 Å². The molecule has 1 aliphatic carbocycles. The minimum absolute atomic E-state index is 0.200. The second-order valence-electron chi connectivity index (χ2n) is 4.74. The van der Waals surface area contributed by atoms with Crippen LogP contribution >= 0.6 is 0 Å². The topological polar surface area (TPSA) is 46.2 Å². The van der Waals surface area contributed by atoms with Gasteiger partial charge in [0, 0.05) is 12.0 Å². The summed E-state index contributed by atoms with van der Waals surface area (Å²) < 4.78 is 13.6. The second-order valence-corrected chi connectivity index (χ2v) is 4.74. The first-order valence-electron chi connectivity index (χ1n) is 5.79. The summed E-state index contributed by atoms with van der Waals surface area (Å²) in [7, 11) is 0. The van der Waals surface area contributed by atoms with Gasteiger partial charge < -0.3 is 10.8 Å². The Hall–Kier alpha value is -0.930. The van der Waals surface area contributed by atoms with Gasteiger partial charge in [-0.2, -0.15) is 0 Å². The van der Waals surface area contributed by atoms with Crippen LogP contribution in [0.15, 0.2) is 24.3 Å². The molecule has 1 aromatic rings. The third-order valence-corrected chi connectivity index (χ3v) is 3.77. The SMILES string of the molecule is NCC1(Cc2ccccc2F)CCCC1O. The van der Waals surface area contributed by atoms with E-state index in [4.69, 9.17) is 5.73 Å². The molecule has 0 amide bonds. The van der Waals surface area contributed by atoms with Gasteiger partial charge >= 0.3 is 0 Å². The molecule has 1 aromatic carbocycles. The fourth-order valence-electron chi connectivity index (χ4n) is 2.66. The molecule has 1 saturated carbocycles. The summed E-state index contributed by atoms with van der Waals surface area (Å²) in [5, 5.41) is 9.99. The molecule has 1 aliphatic rings. The third-order valence-electron chi connectivity index (χ3n) is 3.77. The van der Waals surface area contributed by atoms with Crippen LogP contribution in [-0.2, 0) is 6.42 Å². The van der Waals surface area contributed by atoms with Crippen LogP contribution in [0.2, 0.25) is 0 Å². The Kier molecular flexibility index (Phi) is 3.26. The number of hydrogen-bond acceptors (Lipinski definition) is 2. The van der Waals surface area contributed by atoms with Crippen molar-refractivity contribution in [3.8, 4) is 0 Å². The molecule has 16 heavy (non-hydrogen) atoms. The highest BCUT2D eigenvalue weighted by molar-refractivity contribution is 5.20. The summed E-state index contributed by atoms with van der Waals surface area (Å²) in [5.74, 6) is -0.200. The molecule has 0 saturated heterocycles. The molecule has 0 bridgehead atoms. The summed E-state index contributed by atoms with van der Waals surface area (Å²) in [6, 6.07) is 6.74. The first-order valence-corrected chi connectivity index (χ1v) is 5.79. The summed E-state index contributed by atoms with van der Waals surface area (Å²) >= 11 is 0. The van der Waals surface area contributed by atoms with Gasteiger partial charge in [-0.1, -0.05) is 24.6 Å². The first-order chi connectivity index (χ1) is 7.68. The molecule has 0 heterocycles. The van der Waals surface area contributed by atoms with E-state index in [1.807, 2.05) is 6.07 Å². The molecule has 2 atom stereocenters. The van der Waals surface area contributed by atoms with Gasteiger partial charge in [0.1, 0.15) is 5.82 Å². The Morgan fingerprint density at radius 3 is 2.75 bits per heavy atom. The summed E-state index contributed by atoms with van der Waals surface area (Å²) in [6.07, 6.45) is 2.80. The summed E-state index contributed by atoms with van der Waals surface area (Å²) in [5.41, 5.74) is 6.12. The molecule has 2 nitrogen and oxygen atoms in total. The van der Waals surface area contributed by atoms with Crippen molar-refractivity contribution in [1.82, 2.24) is 0 Å². The highest BCUT2D eigenvalue weighted by Crippen LogP contribution is 2.40. The van der Waals surface area contributed by atoms with Crippen LogP contribution < -0.4 is 5.73 Å². The van der Waals surface area contributed by atoms with Gasteiger partial charge in [0.05, 0.1) is 6.10 Å². The monoisotopic (exact) mass is 223 g/mol. The van der Waals surface area contributed by atoms with E-state index in [1.165, 1.54) is 6.07 Å². The average molecular weight is 223 g/mol. The summed E-state index contributed by atoms with van der Waals surface area (Å²) in [4.78, 5) is 0. The van der Waals surface area contributed by atoms with Crippen molar-refractivity contribution >= 4 is 0 Å². The van der Waals surface area contributed by atoms with E-state index >= 15 is 0 Å². The average Bonchev–Trinajstić information content (AvgIpc) is 2.64. The first kappa shape index (κ1) is 11.6. The molecule has 2 unspecified atom stereocenters. The largest absolute Gasteiger partial charge is 0.392 e. The Balaban J connectivity index is 2.22. The Bertz CT molecular complexity index is 369. The number of aliphatic hydroxyl groups excluding tert-OH is 1. The fourth-order valence-corrected chi connectivity index (χ4v) is 2.66. The van der Waals surface area contributed by atoms with E-state index in [-0.39, 0.29) is 11.2 Å². The number of benzene rings is 1. The Labute approximate surface area is 95.3 Å². The zero-order chi connectivity index (χ0) is 11.6. The molecule has 88 valence electrons. The van der Waals surface area contributed by atoms with Gasteiger partial charge in [0.25, 0.3) is 0 Å². The van der Waals surface area contributed by atoms with E-state index in [1.54, 1.807) is 12.1 Å². The molecule has 3 heteroatoms. The molecule has 0 aromatic heterocycles. The van der Waals surface area contributed by atoms with Gasteiger partial charge in [-0.15, -0.1) is 0 Å². The quantitative estimate of drug-likeness (QED) is 0.821. The number of aliphatic hydroxyl groups is 1. The lowest BCUT2D eigenvalue weighted by Gasteiger charge is -2.31. The van der Waals surface area contributed by atoms with E-state index in [0.717, 1.165) is 19.3 Å². The van der Waals surface area contributed by atoms with Crippen molar-refractivity contribution in [1.29, 1.82) is 0 Å². The highest BCUT2D eigenvalue weighted by Gasteiger charge is 2.41. The van der Waals surface area contributed by atoms with Crippen molar-refractivity contribution in [3.63, 3.8) is 0 Å². The highest BCUT2D eigenvalue weighted by atomic mass is 19.1. The van der Waals surface area contributed by atoms with Gasteiger partial charge in [-0.05, 0) is 30.9 Å². The molecular formula is C13H18FNO. The van der Waals surface area contributed by atoms with E-state index in [2.05, 4.69) is 0 Å². The lowest BCUT2D eigenvalue weighted by Crippen LogP contribution is -2.39. The van der Waals surface area contributed by atoms with Crippen molar-refractivity contribution < 1.29 is 9.50 Å². The van der Waals surface area contributed by atoms with Crippen molar-refractivity contribution in [2.75, 3.05) is 6.54 Å². The standard InChI is InChI=1S/C13H18FNO/c14-11-5-2-1-4-10(11)8-13(9-15)7-3-6-12(13)16/h1-2,4-5,12,16H,3,6-9,15H2. The lowest BCUT2D eigenvalue weighted by atomic mass is 9.78. The van der Waals surface area contributed by atoms with Crippen LogP contribution in [0.25, 0.3) is 0 Å². The molecule has 0 radical (unpaired) electrons. The van der Waals surface area contributed by atoms with Gasteiger partial charge in [0.2, 0.25) is 0 Å². The minimum atomic E-state index is -0.392. The van der Waals surface area contributed by atoms with Gasteiger partial charge in [-0.3, -0.25) is 0 Å². The zero-order valence-corrected chi connectivity index (χ0v) is 9.32. The second kappa shape index (κ2) is 4.52. The summed E-state index contributed by atoms with van der Waals surface area (Å²) in [6.45, 7) is 0.419. The maximum atomic E-state index is 13.6. The molecule has 0 aliphatic heterocycles. The maximum absolute atomic E-state index is 13.6. The van der Waals surface area contributed by atoms with Crippen LogP contribution in [0.3, 0.4) is 0 Å². The fraction of sp³-hybridized carbons (Fsp3) is 0.538. The normalized spacial score (nSPS) is 29.6. The van der Waals surface area contributed by atoms with Crippen LogP contribution in [0, 0.1) is 11.2 Å². The lowest BCUT2D eigenvalue weighted by molar-refractivity contribution is 0.0582. The van der Waals surface area contributed by atoms with Crippen LogP contribution in [0.5, 0.6) is 0 Å². The van der Waals surface area contributed by atoms with Gasteiger partial charge in [-0.25, -0.2) is 4.39 Å². The number of nitrogens with two attached hydrogens (primary N) is 1. The van der Waals surface area contributed by atoms with Crippen LogP contribution in [0.1, 0.15) is 24.8 Å². The molecule has 2 rings (SSSR count). The Morgan fingerprint density at radius 1 is 1.44 bits per heavy atom. The zero-order valence-electron chi connectivity index (χ0n) is 9.32. The van der Waals surface area contributed by atoms with Crippen molar-refractivity contribution in [2.45, 2.75) is 31.8 Å². The molecule has 0 spiro atoms. The van der Waals surface area contributed by atoms with Gasteiger partial charge in [0.15, 0.2) is 0 Å². The predicted molar refractivity (Wildman–Crippen MR) is 61.4 cm³/mol. The smallest absolute Gasteiger partial charge is 0.126 e. The molecular weight excluding hydrogens is 205 g/mol. The molecule has 3 N–H and O–H groups in total. The maximum Gasteiger partial charge on any atom is 0.126 e. The van der Waals surface area contributed by atoms with Crippen LogP contribution in [0.4, 0.5) is 4.39 Å². The van der Waals surface area contributed by atoms with E-state index in [0.29, 0.717) is 18.5 Å². The number of rotatable bonds is 3. The van der Waals surface area contributed by atoms with Crippen molar-refractivity contribution in [3.05, 3.63) is 35.6 Å².